The number of aromatic nitrogens is 7. The summed E-state index contributed by atoms with van der Waals surface area (Å²) < 4.78 is 1.67. The highest BCUT2D eigenvalue weighted by atomic mass is 35.5. The van der Waals surface area contributed by atoms with Crippen molar-refractivity contribution in [1.82, 2.24) is 34.8 Å². The Labute approximate surface area is 186 Å². The van der Waals surface area contributed by atoms with Crippen LogP contribution in [0.1, 0.15) is 5.69 Å². The lowest BCUT2D eigenvalue weighted by molar-refractivity contribution is 0.852. The summed E-state index contributed by atoms with van der Waals surface area (Å²) in [4.78, 5) is 13.3. The number of rotatable bonds is 4. The molecule has 0 unspecified atom stereocenters. The molecule has 3 heterocycles. The number of anilines is 2. The van der Waals surface area contributed by atoms with Crippen molar-refractivity contribution in [3.8, 4) is 22.8 Å². The predicted molar refractivity (Wildman–Crippen MR) is 120 cm³/mol. The maximum atomic E-state index is 6.08. The molecule has 0 fully saturated rings. The van der Waals surface area contributed by atoms with Gasteiger partial charge in [-0.05, 0) is 31.2 Å². The maximum Gasteiger partial charge on any atom is 0.272 e. The summed E-state index contributed by atoms with van der Waals surface area (Å²) in [6, 6.07) is 16.7. The van der Waals surface area contributed by atoms with Crippen LogP contribution in [0.25, 0.3) is 28.6 Å². The molecule has 10 heteroatoms. The normalized spacial score (nSPS) is 11.1. The zero-order valence-electron chi connectivity index (χ0n) is 16.2. The Morgan fingerprint density at radius 1 is 0.903 bits per heavy atom. The molecule has 0 saturated heterocycles. The van der Waals surface area contributed by atoms with Gasteiger partial charge in [-0.25, -0.2) is 9.97 Å². The molecule has 0 amide bonds. The highest BCUT2D eigenvalue weighted by molar-refractivity contribution is 6.42. The number of fused-ring (bicyclic) bond motifs is 1. The van der Waals surface area contributed by atoms with E-state index in [0.29, 0.717) is 44.7 Å². The van der Waals surface area contributed by atoms with Crippen LogP contribution < -0.4 is 5.32 Å². The lowest BCUT2D eigenvalue weighted by Crippen LogP contribution is -2.05. The van der Waals surface area contributed by atoms with Crippen molar-refractivity contribution in [2.45, 2.75) is 6.92 Å². The van der Waals surface area contributed by atoms with Crippen molar-refractivity contribution in [2.75, 3.05) is 5.32 Å². The summed E-state index contributed by atoms with van der Waals surface area (Å²) in [6.07, 6.45) is 1.64. The van der Waals surface area contributed by atoms with E-state index >= 15 is 0 Å². The van der Waals surface area contributed by atoms with Gasteiger partial charge in [-0.3, -0.25) is 0 Å². The van der Waals surface area contributed by atoms with Gasteiger partial charge in [-0.2, -0.15) is 9.50 Å². The van der Waals surface area contributed by atoms with Gasteiger partial charge in [0.2, 0.25) is 5.95 Å². The third kappa shape index (κ3) is 3.78. The van der Waals surface area contributed by atoms with Crippen molar-refractivity contribution in [2.24, 2.45) is 0 Å². The van der Waals surface area contributed by atoms with Crippen molar-refractivity contribution in [1.29, 1.82) is 0 Å². The Bertz CT molecular complexity index is 1400. The van der Waals surface area contributed by atoms with Gasteiger partial charge in [0.25, 0.3) is 5.78 Å². The van der Waals surface area contributed by atoms with E-state index in [2.05, 4.69) is 35.6 Å². The standard InChI is InChI=1S/C21H14Cl2N8/c1-12-18(28-29-21-27-19(30-31(12)21)13-5-3-2-4-6-13)17-9-10-24-20(26-17)25-14-7-8-15(22)16(23)11-14/h2-11H,1H3,(H,24,25,26). The molecule has 5 rings (SSSR count). The van der Waals surface area contributed by atoms with E-state index < -0.39 is 0 Å². The minimum absolute atomic E-state index is 0.390. The van der Waals surface area contributed by atoms with E-state index in [1.807, 2.05) is 37.3 Å². The number of benzene rings is 2. The van der Waals surface area contributed by atoms with E-state index in [4.69, 9.17) is 23.2 Å². The van der Waals surface area contributed by atoms with Gasteiger partial charge in [-0.1, -0.05) is 53.5 Å². The first-order chi connectivity index (χ1) is 15.1. The zero-order valence-corrected chi connectivity index (χ0v) is 17.7. The molecule has 152 valence electrons. The molecule has 0 bridgehead atoms. The van der Waals surface area contributed by atoms with E-state index in [1.54, 1.807) is 35.0 Å². The Kier molecular flexibility index (Phi) is 4.93. The van der Waals surface area contributed by atoms with Crippen molar-refractivity contribution < 1.29 is 0 Å². The molecule has 0 aliphatic carbocycles. The third-order valence-corrected chi connectivity index (χ3v) is 5.33. The van der Waals surface area contributed by atoms with Crippen molar-refractivity contribution in [3.63, 3.8) is 0 Å². The van der Waals surface area contributed by atoms with Crippen LogP contribution in [0.3, 0.4) is 0 Å². The number of aryl methyl sites for hydroxylation is 1. The molecule has 0 spiro atoms. The number of nitrogens with one attached hydrogen (secondary N) is 1. The van der Waals surface area contributed by atoms with Crippen LogP contribution in [0.15, 0.2) is 60.8 Å². The molecule has 5 aromatic rings. The monoisotopic (exact) mass is 448 g/mol. The Hall–Kier alpha value is -3.62. The number of hydrogen-bond acceptors (Lipinski definition) is 7. The Morgan fingerprint density at radius 2 is 1.74 bits per heavy atom. The maximum absolute atomic E-state index is 6.08. The van der Waals surface area contributed by atoms with Gasteiger partial charge in [-0.15, -0.1) is 15.3 Å². The first kappa shape index (κ1) is 19.3. The summed E-state index contributed by atoms with van der Waals surface area (Å²) in [5.41, 5.74) is 3.56. The fourth-order valence-corrected chi connectivity index (χ4v) is 3.36. The minimum Gasteiger partial charge on any atom is -0.324 e. The summed E-state index contributed by atoms with van der Waals surface area (Å²) >= 11 is 12.1. The number of hydrogen-bond donors (Lipinski definition) is 1. The lowest BCUT2D eigenvalue weighted by Gasteiger charge is -2.08. The molecule has 1 N–H and O–H groups in total. The summed E-state index contributed by atoms with van der Waals surface area (Å²) in [7, 11) is 0. The van der Waals surface area contributed by atoms with Crippen molar-refractivity contribution in [3.05, 3.63) is 76.5 Å². The number of nitrogens with zero attached hydrogens (tertiary/aromatic N) is 7. The van der Waals surface area contributed by atoms with Crippen LogP contribution >= 0.6 is 23.2 Å². The van der Waals surface area contributed by atoms with E-state index in [-0.39, 0.29) is 0 Å². The highest BCUT2D eigenvalue weighted by Crippen LogP contribution is 2.27. The number of halogens is 2. The molecule has 0 aliphatic heterocycles. The SMILES string of the molecule is Cc1c(-c2ccnc(Nc3ccc(Cl)c(Cl)c3)n2)nnc2nc(-c3ccccc3)nn12. The second-order valence-electron chi connectivity index (χ2n) is 6.67. The van der Waals surface area contributed by atoms with Gasteiger partial charge in [0.05, 0.1) is 21.4 Å². The van der Waals surface area contributed by atoms with Crippen LogP contribution in [-0.2, 0) is 0 Å². The Balaban J connectivity index is 1.51. The minimum atomic E-state index is 0.390. The quantitative estimate of drug-likeness (QED) is 0.413. The summed E-state index contributed by atoms with van der Waals surface area (Å²) in [5.74, 6) is 1.39. The average molecular weight is 449 g/mol. The second kappa shape index (κ2) is 7.90. The van der Waals surface area contributed by atoms with Crippen molar-refractivity contribution >= 4 is 40.6 Å². The van der Waals surface area contributed by atoms with Crippen LogP contribution in [-0.4, -0.2) is 34.8 Å². The van der Waals surface area contributed by atoms with E-state index in [0.717, 1.165) is 11.3 Å². The first-order valence-corrected chi connectivity index (χ1v) is 10.0. The van der Waals surface area contributed by atoms with Gasteiger partial charge in [0, 0.05) is 17.4 Å². The molecule has 31 heavy (non-hydrogen) atoms. The molecule has 2 aromatic carbocycles. The van der Waals surface area contributed by atoms with E-state index in [1.165, 1.54) is 0 Å². The van der Waals surface area contributed by atoms with Crippen LogP contribution in [0.2, 0.25) is 10.0 Å². The largest absolute Gasteiger partial charge is 0.324 e. The molecule has 0 atom stereocenters. The predicted octanol–water partition coefficient (Wildman–Crippen LogP) is 5.00. The van der Waals surface area contributed by atoms with Gasteiger partial charge in [0.1, 0.15) is 5.69 Å². The van der Waals surface area contributed by atoms with E-state index in [9.17, 15) is 0 Å². The topological polar surface area (TPSA) is 93.8 Å². The molecule has 8 nitrogen and oxygen atoms in total. The smallest absolute Gasteiger partial charge is 0.272 e. The zero-order chi connectivity index (χ0) is 21.4. The van der Waals surface area contributed by atoms with Gasteiger partial charge < -0.3 is 5.32 Å². The first-order valence-electron chi connectivity index (χ1n) is 9.29. The molecule has 0 aliphatic rings. The summed E-state index contributed by atoms with van der Waals surface area (Å²) in [6.45, 7) is 1.90. The molecule has 3 aromatic heterocycles. The van der Waals surface area contributed by atoms with Crippen LogP contribution in [0.5, 0.6) is 0 Å². The van der Waals surface area contributed by atoms with Gasteiger partial charge >= 0.3 is 0 Å². The molecule has 0 radical (unpaired) electrons. The van der Waals surface area contributed by atoms with Crippen LogP contribution in [0, 0.1) is 6.92 Å². The summed E-state index contributed by atoms with van der Waals surface area (Å²) in [5, 5.41) is 17.2. The second-order valence-corrected chi connectivity index (χ2v) is 7.48. The molecular weight excluding hydrogens is 435 g/mol. The highest BCUT2D eigenvalue weighted by Gasteiger charge is 2.15. The lowest BCUT2D eigenvalue weighted by atomic mass is 10.2. The molecule has 0 saturated carbocycles. The molecular formula is C21H14Cl2N8. The fourth-order valence-electron chi connectivity index (χ4n) is 3.06. The van der Waals surface area contributed by atoms with Crippen LogP contribution in [0.4, 0.5) is 11.6 Å². The average Bonchev–Trinajstić information content (AvgIpc) is 3.23. The third-order valence-electron chi connectivity index (χ3n) is 4.60. The van der Waals surface area contributed by atoms with Gasteiger partial charge in [0.15, 0.2) is 5.82 Å². The Morgan fingerprint density at radius 3 is 2.55 bits per heavy atom. The fraction of sp³-hybridized carbons (Fsp3) is 0.0476.